The highest BCUT2D eigenvalue weighted by atomic mass is 19.1. The number of ether oxygens (including phenoxy) is 2. The van der Waals surface area contributed by atoms with E-state index in [4.69, 9.17) is 9.47 Å². The van der Waals surface area contributed by atoms with Crippen LogP contribution in [0.25, 0.3) is 0 Å². The van der Waals surface area contributed by atoms with Crippen LogP contribution in [0.3, 0.4) is 0 Å². The van der Waals surface area contributed by atoms with Gasteiger partial charge in [0.1, 0.15) is 17.3 Å². The van der Waals surface area contributed by atoms with Crippen molar-refractivity contribution < 1.29 is 18.7 Å². The van der Waals surface area contributed by atoms with Crippen LogP contribution in [0.15, 0.2) is 48.7 Å². The molecule has 0 spiro atoms. The number of aromatic nitrogens is 2. The van der Waals surface area contributed by atoms with Gasteiger partial charge >= 0.3 is 0 Å². The number of hydrogen-bond donors (Lipinski definition) is 0. The average molecular weight is 438 g/mol. The van der Waals surface area contributed by atoms with Gasteiger partial charge in [-0.2, -0.15) is 0 Å². The summed E-state index contributed by atoms with van der Waals surface area (Å²) in [6, 6.07) is 12.5. The molecular weight excluding hydrogens is 409 g/mol. The molecule has 1 aliphatic rings. The first-order valence-corrected chi connectivity index (χ1v) is 10.8. The lowest BCUT2D eigenvalue weighted by Crippen LogP contribution is -2.29. The lowest BCUT2D eigenvalue weighted by molar-refractivity contribution is 0.0791. The van der Waals surface area contributed by atoms with Crippen molar-refractivity contribution in [2.75, 3.05) is 27.8 Å². The van der Waals surface area contributed by atoms with Crippen LogP contribution in [0.5, 0.6) is 11.5 Å². The number of benzene rings is 2. The molecule has 4 rings (SSSR count). The molecule has 0 saturated heterocycles. The fraction of sp³-hybridized carbons (Fsp3) is 0.360. The Morgan fingerprint density at radius 3 is 2.75 bits per heavy atom. The molecule has 2 aromatic carbocycles. The summed E-state index contributed by atoms with van der Waals surface area (Å²) in [4.78, 5) is 19.2. The van der Waals surface area contributed by atoms with E-state index in [1.165, 1.54) is 6.07 Å². The van der Waals surface area contributed by atoms with Gasteiger partial charge in [-0.1, -0.05) is 18.2 Å². The van der Waals surface area contributed by atoms with E-state index < -0.39 is 0 Å². The van der Waals surface area contributed by atoms with Crippen LogP contribution < -0.4 is 9.47 Å². The standard InChI is InChI=1S/C25H28FN3O3/c1-28(12-11-17-7-9-22(31-2)23(13-17)32-3)25(30)21-16-29-15-19(8-10-24(29)27-21)18-5-4-6-20(26)14-18/h4-7,9,13-14,16,19H,8,10-12,15H2,1-3H3/t19-/m0/s1. The summed E-state index contributed by atoms with van der Waals surface area (Å²) in [5.74, 6) is 2.17. The highest BCUT2D eigenvalue weighted by Gasteiger charge is 2.24. The Balaban J connectivity index is 1.40. The fourth-order valence-electron chi connectivity index (χ4n) is 4.21. The van der Waals surface area contributed by atoms with E-state index >= 15 is 0 Å². The largest absolute Gasteiger partial charge is 0.493 e. The zero-order chi connectivity index (χ0) is 22.7. The molecular formula is C25H28FN3O3. The maximum atomic E-state index is 13.6. The summed E-state index contributed by atoms with van der Waals surface area (Å²) in [5.41, 5.74) is 2.50. The van der Waals surface area contributed by atoms with Crippen molar-refractivity contribution in [3.63, 3.8) is 0 Å². The molecule has 2 heterocycles. The van der Waals surface area contributed by atoms with Crippen molar-refractivity contribution in [2.24, 2.45) is 0 Å². The maximum absolute atomic E-state index is 13.6. The van der Waals surface area contributed by atoms with E-state index in [0.717, 1.165) is 29.8 Å². The van der Waals surface area contributed by atoms with E-state index in [9.17, 15) is 9.18 Å². The zero-order valence-corrected chi connectivity index (χ0v) is 18.7. The molecule has 168 valence electrons. The van der Waals surface area contributed by atoms with Gasteiger partial charge in [0, 0.05) is 38.7 Å². The number of carbonyl (C=O) groups excluding carboxylic acids is 1. The summed E-state index contributed by atoms with van der Waals surface area (Å²) in [7, 11) is 5.00. The number of halogens is 1. The van der Waals surface area contributed by atoms with E-state index in [1.54, 1.807) is 38.3 Å². The van der Waals surface area contributed by atoms with Crippen molar-refractivity contribution in [1.29, 1.82) is 0 Å². The minimum Gasteiger partial charge on any atom is -0.493 e. The van der Waals surface area contributed by atoms with E-state index in [0.29, 0.717) is 36.7 Å². The summed E-state index contributed by atoms with van der Waals surface area (Å²) in [6.07, 6.45) is 4.18. The molecule has 0 saturated carbocycles. The molecule has 6 nitrogen and oxygen atoms in total. The lowest BCUT2D eigenvalue weighted by Gasteiger charge is -2.24. The first-order valence-electron chi connectivity index (χ1n) is 10.8. The number of aryl methyl sites for hydroxylation is 1. The lowest BCUT2D eigenvalue weighted by atomic mass is 9.91. The third-order valence-corrected chi connectivity index (χ3v) is 6.06. The molecule has 1 aliphatic heterocycles. The Labute approximate surface area is 187 Å². The minimum atomic E-state index is -0.217. The Kier molecular flexibility index (Phi) is 6.44. The van der Waals surface area contributed by atoms with Crippen LogP contribution in [0.2, 0.25) is 0 Å². The summed E-state index contributed by atoms with van der Waals surface area (Å²) < 4.78 is 26.3. The number of methoxy groups -OCH3 is 2. The van der Waals surface area contributed by atoms with Crippen LogP contribution in [-0.4, -0.2) is 48.2 Å². The predicted octanol–water partition coefficient (Wildman–Crippen LogP) is 4.08. The summed E-state index contributed by atoms with van der Waals surface area (Å²) >= 11 is 0. The number of amides is 1. The Morgan fingerprint density at radius 2 is 2.00 bits per heavy atom. The summed E-state index contributed by atoms with van der Waals surface area (Å²) in [5, 5.41) is 0. The van der Waals surface area contributed by atoms with Crippen molar-refractivity contribution in [1.82, 2.24) is 14.5 Å². The number of hydrogen-bond acceptors (Lipinski definition) is 4. The Bertz CT molecular complexity index is 1110. The third-order valence-electron chi connectivity index (χ3n) is 6.06. The van der Waals surface area contributed by atoms with E-state index in [2.05, 4.69) is 4.98 Å². The van der Waals surface area contributed by atoms with Gasteiger partial charge in [-0.25, -0.2) is 9.37 Å². The SMILES string of the molecule is COc1ccc(CCN(C)C(=O)c2cn3c(n2)CC[C@H](c2cccc(F)c2)C3)cc1OC. The number of fused-ring (bicyclic) bond motifs is 1. The molecule has 0 N–H and O–H groups in total. The molecule has 0 aliphatic carbocycles. The van der Waals surface area contributed by atoms with Crippen molar-refractivity contribution in [3.05, 3.63) is 77.1 Å². The second-order valence-electron chi connectivity index (χ2n) is 8.15. The Morgan fingerprint density at radius 1 is 1.19 bits per heavy atom. The van der Waals surface area contributed by atoms with Gasteiger partial charge in [0.15, 0.2) is 11.5 Å². The van der Waals surface area contributed by atoms with Gasteiger partial charge in [0.25, 0.3) is 5.91 Å². The fourth-order valence-corrected chi connectivity index (χ4v) is 4.21. The number of carbonyl (C=O) groups is 1. The van der Waals surface area contributed by atoms with Crippen LogP contribution in [-0.2, 0) is 19.4 Å². The molecule has 1 aromatic heterocycles. The van der Waals surface area contributed by atoms with Crippen LogP contribution in [0, 0.1) is 5.82 Å². The quantitative estimate of drug-likeness (QED) is 0.559. The molecule has 32 heavy (non-hydrogen) atoms. The smallest absolute Gasteiger partial charge is 0.273 e. The number of likely N-dealkylation sites (N-methyl/N-ethyl adjacent to an activating group) is 1. The van der Waals surface area contributed by atoms with Crippen LogP contribution in [0.1, 0.15) is 39.8 Å². The predicted molar refractivity (Wildman–Crippen MR) is 120 cm³/mol. The topological polar surface area (TPSA) is 56.6 Å². The molecule has 0 fully saturated rings. The molecule has 0 radical (unpaired) electrons. The van der Waals surface area contributed by atoms with E-state index in [-0.39, 0.29) is 17.6 Å². The van der Waals surface area contributed by atoms with Crippen molar-refractivity contribution in [3.8, 4) is 11.5 Å². The monoisotopic (exact) mass is 437 g/mol. The zero-order valence-electron chi connectivity index (χ0n) is 18.7. The van der Waals surface area contributed by atoms with Gasteiger partial charge in [0.05, 0.1) is 14.2 Å². The van der Waals surface area contributed by atoms with Gasteiger partial charge in [-0.05, 0) is 48.2 Å². The molecule has 3 aromatic rings. The van der Waals surface area contributed by atoms with Gasteiger partial charge < -0.3 is 18.9 Å². The maximum Gasteiger partial charge on any atom is 0.273 e. The number of rotatable bonds is 7. The van der Waals surface area contributed by atoms with Crippen molar-refractivity contribution in [2.45, 2.75) is 31.7 Å². The highest BCUT2D eigenvalue weighted by Crippen LogP contribution is 2.30. The van der Waals surface area contributed by atoms with Gasteiger partial charge in [-0.3, -0.25) is 4.79 Å². The number of nitrogens with zero attached hydrogens (tertiary/aromatic N) is 3. The first kappa shape index (κ1) is 21.9. The van der Waals surface area contributed by atoms with Crippen molar-refractivity contribution >= 4 is 5.91 Å². The molecule has 0 unspecified atom stereocenters. The second-order valence-corrected chi connectivity index (χ2v) is 8.15. The second kappa shape index (κ2) is 9.42. The molecule has 1 amide bonds. The number of imidazole rings is 1. The van der Waals surface area contributed by atoms with Gasteiger partial charge in [0.2, 0.25) is 0 Å². The van der Waals surface area contributed by atoms with Crippen LogP contribution >= 0.6 is 0 Å². The third kappa shape index (κ3) is 4.61. The normalized spacial score (nSPS) is 15.2. The first-order chi connectivity index (χ1) is 15.5. The van der Waals surface area contributed by atoms with Gasteiger partial charge in [-0.15, -0.1) is 0 Å². The van der Waals surface area contributed by atoms with Crippen LogP contribution in [0.4, 0.5) is 4.39 Å². The Hall–Kier alpha value is -3.35. The molecule has 1 atom stereocenters. The van der Waals surface area contributed by atoms with E-state index in [1.807, 2.05) is 35.0 Å². The average Bonchev–Trinajstić information content (AvgIpc) is 3.25. The highest BCUT2D eigenvalue weighted by molar-refractivity contribution is 5.92. The summed E-state index contributed by atoms with van der Waals surface area (Å²) in [6.45, 7) is 1.26. The molecule has 0 bridgehead atoms. The minimum absolute atomic E-state index is 0.102. The molecule has 7 heteroatoms.